The second kappa shape index (κ2) is 6.99. The molecule has 1 aliphatic rings. The third-order valence-corrected chi connectivity index (χ3v) is 5.41. The molecule has 0 saturated heterocycles. The maximum Gasteiger partial charge on any atom is 0.320 e. The van der Waals surface area contributed by atoms with E-state index in [0.717, 1.165) is 4.47 Å². The van der Waals surface area contributed by atoms with Gasteiger partial charge in [0.15, 0.2) is 5.78 Å². The fourth-order valence-corrected chi connectivity index (χ4v) is 3.94. The summed E-state index contributed by atoms with van der Waals surface area (Å²) in [6.45, 7) is -0.545. The van der Waals surface area contributed by atoms with Crippen LogP contribution in [0.2, 0.25) is 0 Å². The molecule has 0 saturated carbocycles. The van der Waals surface area contributed by atoms with Crippen LogP contribution in [0.3, 0.4) is 0 Å². The summed E-state index contributed by atoms with van der Waals surface area (Å²) in [6.07, 6.45) is 0.0866. The van der Waals surface area contributed by atoms with Crippen molar-refractivity contribution in [1.82, 2.24) is 0 Å². The van der Waals surface area contributed by atoms with E-state index in [1.165, 1.54) is 7.11 Å². The molecule has 3 rings (SSSR count). The molecule has 2 atom stereocenters. The summed E-state index contributed by atoms with van der Waals surface area (Å²) in [4.78, 5) is 36.9. The van der Waals surface area contributed by atoms with Crippen LogP contribution in [0, 0.1) is 15.5 Å². The first-order valence-electron chi connectivity index (χ1n) is 7.98. The van der Waals surface area contributed by atoms with Crippen molar-refractivity contribution >= 4 is 27.7 Å². The third kappa shape index (κ3) is 2.92. The first-order chi connectivity index (χ1) is 12.4. The first kappa shape index (κ1) is 18.3. The summed E-state index contributed by atoms with van der Waals surface area (Å²) in [5.41, 5.74) is 0.0347. The highest BCUT2D eigenvalue weighted by Crippen LogP contribution is 2.48. The minimum Gasteiger partial charge on any atom is -0.468 e. The number of ether oxygens (including phenoxy) is 1. The van der Waals surface area contributed by atoms with Crippen LogP contribution < -0.4 is 0 Å². The molecule has 0 bridgehead atoms. The van der Waals surface area contributed by atoms with Crippen molar-refractivity contribution in [2.75, 3.05) is 13.7 Å². The second-order valence-electron chi connectivity index (χ2n) is 6.25. The van der Waals surface area contributed by atoms with Gasteiger partial charge < -0.3 is 4.74 Å². The second-order valence-corrected chi connectivity index (χ2v) is 7.16. The van der Waals surface area contributed by atoms with Gasteiger partial charge in [0.05, 0.1) is 13.0 Å². The smallest absolute Gasteiger partial charge is 0.320 e. The molecule has 0 amide bonds. The first-order valence-corrected chi connectivity index (χ1v) is 8.78. The van der Waals surface area contributed by atoms with Gasteiger partial charge in [-0.1, -0.05) is 52.3 Å². The molecule has 2 aromatic rings. The molecule has 26 heavy (non-hydrogen) atoms. The molecule has 0 aromatic heterocycles. The Hall–Kier alpha value is -2.54. The summed E-state index contributed by atoms with van der Waals surface area (Å²) in [5, 5.41) is 11.4. The standard InChI is InChI=1S/C19H16BrNO5/c1-26-18(23)19(10-13-4-2-3-5-15(13)17(19)22)16(11-21(24)25)12-6-8-14(20)9-7-12/h2-9,16H,10-11H2,1H3/t16-,19+/m0/s1. The van der Waals surface area contributed by atoms with Crippen LogP contribution in [0.15, 0.2) is 53.0 Å². The Morgan fingerprint density at radius 2 is 1.92 bits per heavy atom. The molecule has 0 aliphatic heterocycles. The van der Waals surface area contributed by atoms with Gasteiger partial charge in [0.1, 0.15) is 5.41 Å². The number of Topliss-reactive ketones (excluding diaryl/α,β-unsaturated/α-hetero) is 1. The predicted octanol–water partition coefficient (Wildman–Crippen LogP) is 3.41. The number of hydrogen-bond acceptors (Lipinski definition) is 5. The van der Waals surface area contributed by atoms with Crippen molar-refractivity contribution in [3.8, 4) is 0 Å². The zero-order valence-electron chi connectivity index (χ0n) is 14.0. The molecule has 7 heteroatoms. The van der Waals surface area contributed by atoms with Crippen LogP contribution in [-0.2, 0) is 16.0 Å². The molecule has 1 aliphatic carbocycles. The summed E-state index contributed by atoms with van der Waals surface area (Å²) in [5.74, 6) is -2.10. The number of nitro groups is 1. The Bertz CT molecular complexity index is 880. The minimum absolute atomic E-state index is 0.0866. The lowest BCUT2D eigenvalue weighted by molar-refractivity contribution is -0.485. The van der Waals surface area contributed by atoms with Crippen LogP contribution in [0.4, 0.5) is 0 Å². The number of benzene rings is 2. The van der Waals surface area contributed by atoms with Crippen molar-refractivity contribution in [2.45, 2.75) is 12.3 Å². The van der Waals surface area contributed by atoms with E-state index in [1.54, 1.807) is 48.5 Å². The Balaban J connectivity index is 2.19. The van der Waals surface area contributed by atoms with Crippen molar-refractivity contribution < 1.29 is 19.2 Å². The zero-order chi connectivity index (χ0) is 18.9. The molecule has 6 nitrogen and oxygen atoms in total. The summed E-state index contributed by atoms with van der Waals surface area (Å²) >= 11 is 3.33. The number of carbonyl (C=O) groups excluding carboxylic acids is 2. The van der Waals surface area contributed by atoms with Gasteiger partial charge in [-0.15, -0.1) is 0 Å². The number of fused-ring (bicyclic) bond motifs is 1. The number of carbonyl (C=O) groups is 2. The summed E-state index contributed by atoms with van der Waals surface area (Å²) in [6, 6.07) is 13.8. The Kier molecular flexibility index (Phi) is 4.91. The van der Waals surface area contributed by atoms with Crippen molar-refractivity contribution in [2.24, 2.45) is 5.41 Å². The number of esters is 1. The number of methoxy groups -OCH3 is 1. The fraction of sp³-hybridized carbons (Fsp3) is 0.263. The normalized spacial score (nSPS) is 19.7. The topological polar surface area (TPSA) is 86.5 Å². The zero-order valence-corrected chi connectivity index (χ0v) is 15.6. The number of ketones is 1. The van der Waals surface area contributed by atoms with Crippen LogP contribution in [0.1, 0.15) is 27.4 Å². The minimum atomic E-state index is -1.64. The van der Waals surface area contributed by atoms with Crippen molar-refractivity contribution in [1.29, 1.82) is 0 Å². The average molecular weight is 418 g/mol. The Morgan fingerprint density at radius 3 is 2.50 bits per heavy atom. The van der Waals surface area contributed by atoms with Crippen molar-refractivity contribution in [3.05, 3.63) is 79.8 Å². The monoisotopic (exact) mass is 417 g/mol. The van der Waals surface area contributed by atoms with Gasteiger partial charge in [-0.25, -0.2) is 0 Å². The Morgan fingerprint density at radius 1 is 1.27 bits per heavy atom. The van der Waals surface area contributed by atoms with E-state index in [9.17, 15) is 19.7 Å². The quantitative estimate of drug-likeness (QED) is 0.322. The van der Waals surface area contributed by atoms with E-state index in [-0.39, 0.29) is 6.42 Å². The molecule has 2 aromatic carbocycles. The van der Waals surface area contributed by atoms with Gasteiger partial charge in [0, 0.05) is 15.0 Å². The number of hydrogen-bond donors (Lipinski definition) is 0. The van der Waals surface area contributed by atoms with Gasteiger partial charge in [-0.3, -0.25) is 19.7 Å². The van der Waals surface area contributed by atoms with Gasteiger partial charge in [0.25, 0.3) is 0 Å². The number of nitrogens with zero attached hydrogens (tertiary/aromatic N) is 1. The highest BCUT2D eigenvalue weighted by Gasteiger charge is 2.59. The maximum absolute atomic E-state index is 13.2. The fourth-order valence-electron chi connectivity index (χ4n) is 3.68. The molecule has 0 N–H and O–H groups in total. The number of halogens is 1. The molecular formula is C19H16BrNO5. The molecule has 0 radical (unpaired) electrons. The van der Waals surface area contributed by atoms with E-state index in [4.69, 9.17) is 4.74 Å². The lowest BCUT2D eigenvalue weighted by Crippen LogP contribution is -2.46. The van der Waals surface area contributed by atoms with E-state index in [2.05, 4.69) is 15.9 Å². The summed E-state index contributed by atoms with van der Waals surface area (Å²) < 4.78 is 5.76. The lowest BCUT2D eigenvalue weighted by atomic mass is 9.69. The molecule has 0 spiro atoms. The molecule has 0 unspecified atom stereocenters. The van der Waals surface area contributed by atoms with Crippen LogP contribution >= 0.6 is 15.9 Å². The van der Waals surface area contributed by atoms with Crippen LogP contribution in [0.25, 0.3) is 0 Å². The largest absolute Gasteiger partial charge is 0.468 e. The SMILES string of the molecule is COC(=O)[C@@]1([C@@H](C[N+](=O)[O-])c2ccc(Br)cc2)Cc2ccccc2C1=O. The van der Waals surface area contributed by atoms with Gasteiger partial charge in [-0.2, -0.15) is 0 Å². The van der Waals surface area contributed by atoms with Crippen LogP contribution in [-0.4, -0.2) is 30.3 Å². The third-order valence-electron chi connectivity index (χ3n) is 4.88. The maximum atomic E-state index is 13.2. The molecule has 0 heterocycles. The molecule has 0 fully saturated rings. The Labute approximate surface area is 158 Å². The number of rotatable bonds is 5. The van der Waals surface area contributed by atoms with E-state index in [0.29, 0.717) is 16.7 Å². The van der Waals surface area contributed by atoms with Gasteiger partial charge in [0.2, 0.25) is 6.54 Å². The molecular weight excluding hydrogens is 402 g/mol. The van der Waals surface area contributed by atoms with Crippen LogP contribution in [0.5, 0.6) is 0 Å². The van der Waals surface area contributed by atoms with E-state index < -0.39 is 34.6 Å². The highest BCUT2D eigenvalue weighted by molar-refractivity contribution is 9.10. The van der Waals surface area contributed by atoms with E-state index in [1.807, 2.05) is 0 Å². The predicted molar refractivity (Wildman–Crippen MR) is 97.7 cm³/mol. The van der Waals surface area contributed by atoms with Gasteiger partial charge in [-0.05, 0) is 29.7 Å². The van der Waals surface area contributed by atoms with Crippen molar-refractivity contribution in [3.63, 3.8) is 0 Å². The molecule has 134 valence electrons. The summed E-state index contributed by atoms with van der Waals surface area (Å²) in [7, 11) is 1.20. The van der Waals surface area contributed by atoms with E-state index >= 15 is 0 Å². The lowest BCUT2D eigenvalue weighted by Gasteiger charge is -2.31. The van der Waals surface area contributed by atoms with Gasteiger partial charge >= 0.3 is 5.97 Å². The highest BCUT2D eigenvalue weighted by atomic mass is 79.9. The average Bonchev–Trinajstić information content (AvgIpc) is 2.93.